The summed E-state index contributed by atoms with van der Waals surface area (Å²) < 4.78 is 16.6. The molecule has 0 aliphatic rings. The average Bonchev–Trinajstić information content (AvgIpc) is 3.72. The summed E-state index contributed by atoms with van der Waals surface area (Å²) in [5, 5.41) is 28.5. The number of ether oxygens (including phenoxy) is 2. The molecular weight excluding hydrogens is 697 g/mol. The Morgan fingerprint density at radius 1 is 0.473 bits per heavy atom. The summed E-state index contributed by atoms with van der Waals surface area (Å²) in [5.74, 6) is 0.607. The van der Waals surface area contributed by atoms with Gasteiger partial charge in [0.1, 0.15) is 23.0 Å². The second-order valence-corrected chi connectivity index (χ2v) is 11.9. The second-order valence-electron chi connectivity index (χ2n) is 11.9. The van der Waals surface area contributed by atoms with Crippen molar-refractivity contribution < 1.29 is 33.7 Å². The third-order valence-corrected chi connectivity index (χ3v) is 8.35. The summed E-state index contributed by atoms with van der Waals surface area (Å²) in [6.45, 7) is 6.87. The van der Waals surface area contributed by atoms with Gasteiger partial charge >= 0.3 is 11.9 Å². The van der Waals surface area contributed by atoms with E-state index in [-0.39, 0.29) is 11.5 Å². The minimum absolute atomic E-state index is 0.141. The molecule has 1 heterocycles. The van der Waals surface area contributed by atoms with Crippen LogP contribution in [-0.4, -0.2) is 32.3 Å². The van der Waals surface area contributed by atoms with Gasteiger partial charge in [0.15, 0.2) is 0 Å². The second kappa shape index (κ2) is 15.8. The molecule has 7 rings (SSSR count). The van der Waals surface area contributed by atoms with Crippen LogP contribution in [0.1, 0.15) is 0 Å². The van der Waals surface area contributed by atoms with Crippen LogP contribution >= 0.6 is 0 Å². The van der Waals surface area contributed by atoms with E-state index in [1.807, 2.05) is 82.6 Å². The topological polar surface area (TPSA) is 138 Å². The maximum absolute atomic E-state index is 11.7. The molecule has 11 heteroatoms. The Balaban J connectivity index is 1.13. The molecule has 2 N–H and O–H groups in total. The molecule has 0 saturated heterocycles. The van der Waals surface area contributed by atoms with Gasteiger partial charge in [0.05, 0.1) is 0 Å². The molecule has 0 aliphatic heterocycles. The van der Waals surface area contributed by atoms with E-state index in [1.54, 1.807) is 72.8 Å². The third kappa shape index (κ3) is 8.11. The van der Waals surface area contributed by atoms with E-state index >= 15 is 0 Å². The van der Waals surface area contributed by atoms with Gasteiger partial charge in [-0.05, 0) is 146 Å². The number of anilines is 6. The summed E-state index contributed by atoms with van der Waals surface area (Å²) in [7, 11) is 0. The highest BCUT2D eigenvalue weighted by Crippen LogP contribution is 2.39. The number of carbonyl (C=O) groups is 2. The molecule has 11 nitrogen and oxygen atoms in total. The lowest BCUT2D eigenvalue weighted by atomic mass is 10.1. The van der Waals surface area contributed by atoms with E-state index in [1.165, 1.54) is 0 Å². The van der Waals surface area contributed by atoms with Gasteiger partial charge in [0.25, 0.3) is 0 Å². The first-order chi connectivity index (χ1) is 26.8. The molecule has 0 atom stereocenters. The number of phenolic OH excluding ortho intramolecular Hbond substituents is 2. The van der Waals surface area contributed by atoms with Gasteiger partial charge in [-0.2, -0.15) is 0 Å². The number of phenols is 2. The van der Waals surface area contributed by atoms with Gasteiger partial charge in [-0.15, -0.1) is 10.2 Å². The molecule has 270 valence electrons. The van der Waals surface area contributed by atoms with Gasteiger partial charge in [-0.1, -0.05) is 13.2 Å². The molecular formula is C44H32N4O7. The average molecular weight is 729 g/mol. The Kier molecular flexibility index (Phi) is 10.2. The molecule has 0 aliphatic carbocycles. The van der Waals surface area contributed by atoms with Crippen molar-refractivity contribution in [3.05, 3.63) is 171 Å². The van der Waals surface area contributed by atoms with Crippen molar-refractivity contribution >= 4 is 46.1 Å². The van der Waals surface area contributed by atoms with Gasteiger partial charge < -0.3 is 33.9 Å². The number of aromatic nitrogens is 2. The van der Waals surface area contributed by atoms with E-state index in [0.29, 0.717) is 34.4 Å². The zero-order valence-corrected chi connectivity index (χ0v) is 29.1. The van der Waals surface area contributed by atoms with Crippen LogP contribution in [0, 0.1) is 0 Å². The van der Waals surface area contributed by atoms with Crippen molar-refractivity contribution in [3.8, 4) is 45.9 Å². The van der Waals surface area contributed by atoms with Crippen molar-refractivity contribution in [2.75, 3.05) is 9.80 Å². The van der Waals surface area contributed by atoms with Crippen LogP contribution in [-0.2, 0) is 9.59 Å². The zero-order valence-electron chi connectivity index (χ0n) is 29.1. The van der Waals surface area contributed by atoms with Crippen LogP contribution < -0.4 is 19.3 Å². The van der Waals surface area contributed by atoms with Crippen molar-refractivity contribution in [3.63, 3.8) is 0 Å². The summed E-state index contributed by atoms with van der Waals surface area (Å²) in [6.07, 6.45) is 2.21. The highest BCUT2D eigenvalue weighted by molar-refractivity contribution is 5.85. The molecule has 7 aromatic rings. The normalized spacial score (nSPS) is 10.6. The lowest BCUT2D eigenvalue weighted by Gasteiger charge is -2.25. The number of hydrogen-bond donors (Lipinski definition) is 2. The maximum atomic E-state index is 11.7. The summed E-state index contributed by atoms with van der Waals surface area (Å²) in [4.78, 5) is 27.3. The van der Waals surface area contributed by atoms with E-state index in [4.69, 9.17) is 13.9 Å². The molecule has 0 fully saturated rings. The Morgan fingerprint density at radius 2 is 0.745 bits per heavy atom. The van der Waals surface area contributed by atoms with Crippen LogP contribution in [0.4, 0.5) is 34.1 Å². The molecule has 1 aromatic heterocycles. The highest BCUT2D eigenvalue weighted by Gasteiger charge is 2.18. The SMILES string of the molecule is C=CC(=O)Oc1ccc(N(c2ccc(O)cc2)c2ccc(-c3nnc(-c4ccc(N(c5ccc(O)cc5)c5ccc(OC(=O)C=C)cc5)cc4)o3)cc2)cc1. The van der Waals surface area contributed by atoms with E-state index in [9.17, 15) is 19.8 Å². The maximum Gasteiger partial charge on any atom is 0.335 e. The number of hydrogen-bond acceptors (Lipinski definition) is 11. The minimum atomic E-state index is -0.550. The first-order valence-electron chi connectivity index (χ1n) is 16.9. The Morgan fingerprint density at radius 3 is 1.04 bits per heavy atom. The molecule has 0 amide bonds. The fourth-order valence-electron chi connectivity index (χ4n) is 5.70. The smallest absolute Gasteiger partial charge is 0.335 e. The number of carbonyl (C=O) groups excluding carboxylic acids is 2. The van der Waals surface area contributed by atoms with Crippen LogP contribution in [0.2, 0.25) is 0 Å². The number of rotatable bonds is 12. The predicted molar refractivity (Wildman–Crippen MR) is 210 cm³/mol. The van der Waals surface area contributed by atoms with Crippen LogP contribution in [0.25, 0.3) is 22.9 Å². The monoisotopic (exact) mass is 728 g/mol. The summed E-state index contributed by atoms with van der Waals surface area (Å²) >= 11 is 0. The lowest BCUT2D eigenvalue weighted by Crippen LogP contribution is -2.10. The predicted octanol–water partition coefficient (Wildman–Crippen LogP) is 9.94. The van der Waals surface area contributed by atoms with Crippen LogP contribution in [0.3, 0.4) is 0 Å². The fraction of sp³-hybridized carbons (Fsp3) is 0. The minimum Gasteiger partial charge on any atom is -0.508 e. The molecule has 55 heavy (non-hydrogen) atoms. The molecule has 0 unspecified atom stereocenters. The number of benzene rings is 6. The first-order valence-corrected chi connectivity index (χ1v) is 16.9. The zero-order chi connectivity index (χ0) is 38.3. The number of aromatic hydroxyl groups is 2. The summed E-state index contributed by atoms with van der Waals surface area (Å²) in [6, 6.07) is 42.9. The molecule has 6 aromatic carbocycles. The van der Waals surface area contributed by atoms with Gasteiger partial charge in [-0.25, -0.2) is 9.59 Å². The highest BCUT2D eigenvalue weighted by atomic mass is 16.5. The molecule has 0 spiro atoms. The molecule has 0 radical (unpaired) electrons. The number of esters is 2. The van der Waals surface area contributed by atoms with Crippen LogP contribution in [0.5, 0.6) is 23.0 Å². The van der Waals surface area contributed by atoms with Crippen LogP contribution in [0.15, 0.2) is 175 Å². The van der Waals surface area contributed by atoms with Gasteiger partial charge in [0, 0.05) is 57.4 Å². The lowest BCUT2D eigenvalue weighted by molar-refractivity contribution is -0.129. The van der Waals surface area contributed by atoms with Crippen molar-refractivity contribution in [1.29, 1.82) is 0 Å². The Bertz CT molecular complexity index is 2270. The molecule has 0 saturated carbocycles. The van der Waals surface area contributed by atoms with E-state index < -0.39 is 11.9 Å². The third-order valence-electron chi connectivity index (χ3n) is 8.35. The fourth-order valence-corrected chi connectivity index (χ4v) is 5.70. The van der Waals surface area contributed by atoms with E-state index in [2.05, 4.69) is 23.4 Å². The Hall–Kier alpha value is -7.92. The molecule has 0 bridgehead atoms. The summed E-state index contributed by atoms with van der Waals surface area (Å²) in [5.41, 5.74) is 6.19. The van der Waals surface area contributed by atoms with E-state index in [0.717, 1.165) is 46.3 Å². The quantitative estimate of drug-likeness (QED) is 0.0706. The van der Waals surface area contributed by atoms with Crippen molar-refractivity contribution in [1.82, 2.24) is 10.2 Å². The first kappa shape index (κ1) is 35.5. The van der Waals surface area contributed by atoms with Gasteiger partial charge in [0.2, 0.25) is 11.8 Å². The standard InChI is InChI=1S/C44H32N4O7/c1-3-41(51)53-39-25-17-35(18-26-39)47(33-13-21-37(49)22-14-33)31-9-5-29(6-10-31)43-45-46-44(55-43)30-7-11-32(12-8-30)48(34-15-23-38(50)24-16-34)36-19-27-40(28-20-36)54-42(52)4-2/h3-28,49-50H,1-2H2. The number of nitrogens with zero attached hydrogens (tertiary/aromatic N) is 4. The van der Waals surface area contributed by atoms with Gasteiger partial charge in [-0.3, -0.25) is 0 Å². The van der Waals surface area contributed by atoms with Crippen molar-refractivity contribution in [2.45, 2.75) is 0 Å². The largest absolute Gasteiger partial charge is 0.508 e. The van der Waals surface area contributed by atoms with Crippen molar-refractivity contribution in [2.24, 2.45) is 0 Å². The Labute approximate surface area is 315 Å².